The van der Waals surface area contributed by atoms with Gasteiger partial charge in [0.2, 0.25) is 5.95 Å². The lowest BCUT2D eigenvalue weighted by atomic mass is 10.3. The summed E-state index contributed by atoms with van der Waals surface area (Å²) in [5, 5.41) is 4.97. The van der Waals surface area contributed by atoms with Crippen LogP contribution in [0.3, 0.4) is 0 Å². The minimum Gasteiger partial charge on any atom is -0.369 e. The van der Waals surface area contributed by atoms with Gasteiger partial charge in [-0.25, -0.2) is 9.67 Å². The number of fused-ring (bicyclic) bond motifs is 1. The summed E-state index contributed by atoms with van der Waals surface area (Å²) in [6, 6.07) is 7.52. The Labute approximate surface area is 109 Å². The zero-order chi connectivity index (χ0) is 12.9. The molecule has 0 atom stereocenters. The van der Waals surface area contributed by atoms with Crippen molar-refractivity contribution < 1.29 is 0 Å². The van der Waals surface area contributed by atoms with Gasteiger partial charge in [-0.2, -0.15) is 5.10 Å². The van der Waals surface area contributed by atoms with Crippen LogP contribution in [0.4, 0.5) is 5.95 Å². The standard InChI is InChI=1S/C12H12ClN5/c1-7-10-11(17(2)16-7)18(12(14)15-10)9-6-4-3-5-8(9)13/h3-6H,1-2H3,(H2,14,15). The predicted octanol–water partition coefficient (Wildman–Crippen LogP) is 2.30. The number of imidazole rings is 1. The Bertz CT molecular complexity index is 740. The summed E-state index contributed by atoms with van der Waals surface area (Å²) in [7, 11) is 1.86. The summed E-state index contributed by atoms with van der Waals surface area (Å²) in [5.41, 5.74) is 9.29. The van der Waals surface area contributed by atoms with Crippen LogP contribution in [0.1, 0.15) is 5.69 Å². The second-order valence-electron chi connectivity index (χ2n) is 4.14. The van der Waals surface area contributed by atoms with Gasteiger partial charge in [0, 0.05) is 7.05 Å². The maximum absolute atomic E-state index is 6.21. The number of aryl methyl sites for hydroxylation is 2. The molecule has 2 heterocycles. The van der Waals surface area contributed by atoms with E-state index in [-0.39, 0.29) is 0 Å². The third-order valence-corrected chi connectivity index (χ3v) is 3.24. The van der Waals surface area contributed by atoms with Crippen molar-refractivity contribution in [1.82, 2.24) is 19.3 Å². The normalized spacial score (nSPS) is 11.3. The Morgan fingerprint density at radius 1 is 1.28 bits per heavy atom. The quantitative estimate of drug-likeness (QED) is 0.731. The first-order chi connectivity index (χ1) is 8.59. The van der Waals surface area contributed by atoms with Gasteiger partial charge >= 0.3 is 0 Å². The summed E-state index contributed by atoms with van der Waals surface area (Å²) >= 11 is 6.21. The lowest BCUT2D eigenvalue weighted by Gasteiger charge is -2.08. The third-order valence-electron chi connectivity index (χ3n) is 2.92. The number of nitrogen functional groups attached to an aromatic ring is 1. The first-order valence-corrected chi connectivity index (χ1v) is 5.90. The molecule has 0 aliphatic carbocycles. The predicted molar refractivity (Wildman–Crippen MR) is 72.0 cm³/mol. The molecule has 5 nitrogen and oxygen atoms in total. The van der Waals surface area contributed by atoms with Crippen LogP contribution in [-0.4, -0.2) is 19.3 Å². The molecule has 0 saturated carbocycles. The van der Waals surface area contributed by atoms with Gasteiger partial charge in [-0.3, -0.25) is 4.57 Å². The van der Waals surface area contributed by atoms with Crippen LogP contribution < -0.4 is 5.73 Å². The van der Waals surface area contributed by atoms with Gasteiger partial charge in [0.1, 0.15) is 5.52 Å². The van der Waals surface area contributed by atoms with Crippen LogP contribution in [0.15, 0.2) is 24.3 Å². The molecule has 0 fully saturated rings. The average molecular weight is 262 g/mol. The molecule has 0 bridgehead atoms. The Hall–Kier alpha value is -2.01. The fourth-order valence-electron chi connectivity index (χ4n) is 2.16. The maximum Gasteiger partial charge on any atom is 0.207 e. The van der Waals surface area contributed by atoms with E-state index in [0.717, 1.165) is 22.5 Å². The van der Waals surface area contributed by atoms with Gasteiger partial charge in [-0.15, -0.1) is 0 Å². The number of aromatic nitrogens is 4. The van der Waals surface area contributed by atoms with E-state index >= 15 is 0 Å². The minimum atomic E-state index is 0.411. The van der Waals surface area contributed by atoms with E-state index in [1.807, 2.05) is 42.8 Å². The third kappa shape index (κ3) is 1.41. The molecule has 0 unspecified atom stereocenters. The maximum atomic E-state index is 6.21. The molecule has 6 heteroatoms. The topological polar surface area (TPSA) is 61.7 Å². The highest BCUT2D eigenvalue weighted by Gasteiger charge is 2.17. The van der Waals surface area contributed by atoms with Gasteiger partial charge < -0.3 is 5.73 Å². The number of hydrogen-bond donors (Lipinski definition) is 1. The molecular weight excluding hydrogens is 250 g/mol. The Morgan fingerprint density at radius 3 is 2.72 bits per heavy atom. The number of benzene rings is 1. The molecule has 0 amide bonds. The van der Waals surface area contributed by atoms with Crippen LogP contribution in [-0.2, 0) is 7.05 Å². The van der Waals surface area contributed by atoms with Crippen LogP contribution in [0.2, 0.25) is 5.02 Å². The largest absolute Gasteiger partial charge is 0.369 e. The van der Waals surface area contributed by atoms with Crippen molar-refractivity contribution in [3.05, 3.63) is 35.0 Å². The van der Waals surface area contributed by atoms with Crippen LogP contribution in [0, 0.1) is 6.92 Å². The molecule has 2 N–H and O–H groups in total. The van der Waals surface area contributed by atoms with E-state index in [0.29, 0.717) is 11.0 Å². The fourth-order valence-corrected chi connectivity index (χ4v) is 2.38. The molecule has 92 valence electrons. The SMILES string of the molecule is Cc1nn(C)c2c1nc(N)n2-c1ccccc1Cl. The van der Waals surface area contributed by atoms with Crippen molar-refractivity contribution in [3.63, 3.8) is 0 Å². The van der Waals surface area contributed by atoms with Gasteiger partial charge in [-0.05, 0) is 19.1 Å². The van der Waals surface area contributed by atoms with Gasteiger partial charge in [0.05, 0.1) is 16.4 Å². The Morgan fingerprint density at radius 2 is 2.00 bits per heavy atom. The smallest absolute Gasteiger partial charge is 0.207 e. The highest BCUT2D eigenvalue weighted by molar-refractivity contribution is 6.32. The lowest BCUT2D eigenvalue weighted by Crippen LogP contribution is -2.05. The van der Waals surface area contributed by atoms with E-state index in [9.17, 15) is 0 Å². The molecule has 0 radical (unpaired) electrons. The van der Waals surface area contributed by atoms with Crippen LogP contribution >= 0.6 is 11.6 Å². The molecule has 0 saturated heterocycles. The molecule has 0 aliphatic rings. The summed E-state index contributed by atoms with van der Waals surface area (Å²) in [6.07, 6.45) is 0. The minimum absolute atomic E-state index is 0.411. The number of rotatable bonds is 1. The highest BCUT2D eigenvalue weighted by Crippen LogP contribution is 2.28. The lowest BCUT2D eigenvalue weighted by molar-refractivity contribution is 0.762. The van der Waals surface area contributed by atoms with Crippen LogP contribution in [0.5, 0.6) is 0 Å². The van der Waals surface area contributed by atoms with Gasteiger partial charge in [-0.1, -0.05) is 23.7 Å². The number of nitrogens with zero attached hydrogens (tertiary/aromatic N) is 4. The average Bonchev–Trinajstić information content (AvgIpc) is 2.79. The highest BCUT2D eigenvalue weighted by atomic mass is 35.5. The van der Waals surface area contributed by atoms with Crippen molar-refractivity contribution >= 4 is 28.7 Å². The van der Waals surface area contributed by atoms with Crippen molar-refractivity contribution in [2.75, 3.05) is 5.73 Å². The molecule has 0 aliphatic heterocycles. The summed E-state index contributed by atoms with van der Waals surface area (Å²) in [4.78, 5) is 4.35. The van der Waals surface area contributed by atoms with Crippen molar-refractivity contribution in [3.8, 4) is 5.69 Å². The molecule has 1 aromatic carbocycles. The Kier molecular flexibility index (Phi) is 2.31. The molecule has 2 aromatic heterocycles. The van der Waals surface area contributed by atoms with E-state index in [1.165, 1.54) is 0 Å². The van der Waals surface area contributed by atoms with E-state index in [1.54, 1.807) is 4.68 Å². The zero-order valence-electron chi connectivity index (χ0n) is 10.1. The first kappa shape index (κ1) is 11.1. The van der Waals surface area contributed by atoms with Gasteiger partial charge in [0.25, 0.3) is 0 Å². The van der Waals surface area contributed by atoms with Crippen molar-refractivity contribution in [2.45, 2.75) is 6.92 Å². The number of hydrogen-bond acceptors (Lipinski definition) is 3. The molecule has 3 rings (SSSR count). The molecule has 3 aromatic rings. The van der Waals surface area contributed by atoms with Gasteiger partial charge in [0.15, 0.2) is 5.65 Å². The summed E-state index contributed by atoms with van der Waals surface area (Å²) in [6.45, 7) is 1.91. The van der Waals surface area contributed by atoms with E-state index < -0.39 is 0 Å². The molecule has 18 heavy (non-hydrogen) atoms. The second kappa shape index (κ2) is 3.74. The molecule has 0 spiro atoms. The number of nitrogens with two attached hydrogens (primary N) is 1. The first-order valence-electron chi connectivity index (χ1n) is 5.52. The molecular formula is C12H12ClN5. The number of para-hydroxylation sites is 1. The number of halogens is 1. The zero-order valence-corrected chi connectivity index (χ0v) is 10.8. The summed E-state index contributed by atoms with van der Waals surface area (Å²) in [5.74, 6) is 0.411. The van der Waals surface area contributed by atoms with E-state index in [2.05, 4.69) is 10.1 Å². The van der Waals surface area contributed by atoms with Crippen molar-refractivity contribution in [2.24, 2.45) is 7.05 Å². The van der Waals surface area contributed by atoms with Crippen LogP contribution in [0.25, 0.3) is 16.9 Å². The van der Waals surface area contributed by atoms with E-state index in [4.69, 9.17) is 17.3 Å². The number of anilines is 1. The summed E-state index contributed by atoms with van der Waals surface area (Å²) < 4.78 is 3.58. The second-order valence-corrected chi connectivity index (χ2v) is 4.55. The Balaban J connectivity index is 2.42. The van der Waals surface area contributed by atoms with Crippen molar-refractivity contribution in [1.29, 1.82) is 0 Å². The monoisotopic (exact) mass is 261 g/mol. The fraction of sp³-hybridized carbons (Fsp3) is 0.167.